The predicted molar refractivity (Wildman–Crippen MR) is 50.2 cm³/mol. The van der Waals surface area contributed by atoms with Crippen LogP contribution >= 0.6 is 0 Å². The van der Waals surface area contributed by atoms with E-state index in [-0.39, 0.29) is 6.61 Å². The number of piperidine rings is 1. The van der Waals surface area contributed by atoms with Gasteiger partial charge >= 0.3 is 0 Å². The van der Waals surface area contributed by atoms with E-state index in [0.29, 0.717) is 6.04 Å². The Morgan fingerprint density at radius 3 is 2.92 bits per heavy atom. The molecule has 0 aliphatic carbocycles. The summed E-state index contributed by atoms with van der Waals surface area (Å²) in [6, 6.07) is 0.602. The molecule has 0 spiro atoms. The lowest BCUT2D eigenvalue weighted by Gasteiger charge is -2.36. The van der Waals surface area contributed by atoms with Crippen molar-refractivity contribution in [3.8, 4) is 0 Å². The molecule has 3 heteroatoms. The number of aliphatic hydroxyl groups is 1. The van der Waals surface area contributed by atoms with Crippen LogP contribution in [0, 0.1) is 5.92 Å². The third-order valence-electron chi connectivity index (χ3n) is 2.83. The van der Waals surface area contributed by atoms with Gasteiger partial charge in [0.1, 0.15) is 0 Å². The maximum atomic E-state index is 8.78. The Labute approximate surface area is 74.8 Å². The maximum absolute atomic E-state index is 8.78. The Bertz CT molecular complexity index is 130. The Morgan fingerprint density at radius 1 is 1.58 bits per heavy atom. The second kappa shape index (κ2) is 4.80. The molecule has 1 rings (SSSR count). The van der Waals surface area contributed by atoms with Gasteiger partial charge in [0.25, 0.3) is 0 Å². The smallest absolute Gasteiger partial charge is 0.0558 e. The van der Waals surface area contributed by atoms with Crippen molar-refractivity contribution in [2.45, 2.75) is 19.4 Å². The van der Waals surface area contributed by atoms with Crippen molar-refractivity contribution >= 4 is 0 Å². The summed E-state index contributed by atoms with van der Waals surface area (Å²) >= 11 is 0. The summed E-state index contributed by atoms with van der Waals surface area (Å²) in [5.41, 5.74) is 0. The minimum Gasteiger partial charge on any atom is -0.395 e. The van der Waals surface area contributed by atoms with E-state index in [1.54, 1.807) is 0 Å². The van der Waals surface area contributed by atoms with Gasteiger partial charge in [-0.05, 0) is 25.9 Å². The van der Waals surface area contributed by atoms with Crippen molar-refractivity contribution in [3.05, 3.63) is 0 Å². The quantitative estimate of drug-likeness (QED) is 0.624. The molecule has 0 radical (unpaired) electrons. The molecule has 0 saturated carbocycles. The fourth-order valence-electron chi connectivity index (χ4n) is 1.86. The fourth-order valence-corrected chi connectivity index (χ4v) is 1.86. The highest BCUT2D eigenvalue weighted by molar-refractivity contribution is 4.81. The lowest BCUT2D eigenvalue weighted by atomic mass is 9.94. The van der Waals surface area contributed by atoms with E-state index in [4.69, 9.17) is 5.11 Å². The number of rotatable bonds is 3. The van der Waals surface area contributed by atoms with Gasteiger partial charge in [-0.1, -0.05) is 6.92 Å². The maximum Gasteiger partial charge on any atom is 0.0558 e. The van der Waals surface area contributed by atoms with Crippen molar-refractivity contribution in [1.29, 1.82) is 0 Å². The van der Waals surface area contributed by atoms with Gasteiger partial charge in [-0.3, -0.25) is 4.90 Å². The lowest BCUT2D eigenvalue weighted by Crippen LogP contribution is -2.49. The second-order valence-corrected chi connectivity index (χ2v) is 3.69. The van der Waals surface area contributed by atoms with E-state index in [9.17, 15) is 0 Å². The van der Waals surface area contributed by atoms with E-state index in [1.807, 2.05) is 7.05 Å². The number of aliphatic hydroxyl groups excluding tert-OH is 1. The van der Waals surface area contributed by atoms with Crippen LogP contribution in [0.2, 0.25) is 0 Å². The van der Waals surface area contributed by atoms with Crippen LogP contribution in [-0.4, -0.2) is 49.3 Å². The SMILES string of the molecule is CNC1CN(CCO)CCC1C. The molecule has 2 N–H and O–H groups in total. The van der Waals surface area contributed by atoms with Gasteiger partial charge in [-0.15, -0.1) is 0 Å². The summed E-state index contributed by atoms with van der Waals surface area (Å²) in [5, 5.41) is 12.1. The number of nitrogens with zero attached hydrogens (tertiary/aromatic N) is 1. The van der Waals surface area contributed by atoms with Gasteiger partial charge in [0.05, 0.1) is 6.61 Å². The molecule has 1 aliphatic rings. The van der Waals surface area contributed by atoms with E-state index < -0.39 is 0 Å². The Morgan fingerprint density at radius 2 is 2.33 bits per heavy atom. The van der Waals surface area contributed by atoms with Crippen molar-refractivity contribution in [2.75, 3.05) is 33.3 Å². The third kappa shape index (κ3) is 2.44. The topological polar surface area (TPSA) is 35.5 Å². The van der Waals surface area contributed by atoms with Gasteiger partial charge in [-0.2, -0.15) is 0 Å². The predicted octanol–water partition coefficient (Wildman–Crippen LogP) is -0.0915. The molecule has 1 aliphatic heterocycles. The molecule has 0 bridgehead atoms. The first-order chi connectivity index (χ1) is 5.77. The molecule has 72 valence electrons. The van der Waals surface area contributed by atoms with E-state index in [1.165, 1.54) is 6.42 Å². The molecular weight excluding hydrogens is 152 g/mol. The van der Waals surface area contributed by atoms with Crippen LogP contribution in [-0.2, 0) is 0 Å². The summed E-state index contributed by atoms with van der Waals surface area (Å²) < 4.78 is 0. The number of β-amino-alcohol motifs (C(OH)–C–C–N with tert-alkyl or cyclic N) is 1. The summed E-state index contributed by atoms with van der Waals surface area (Å²) in [4.78, 5) is 2.32. The number of nitrogens with one attached hydrogen (secondary N) is 1. The van der Waals surface area contributed by atoms with Crippen LogP contribution in [0.1, 0.15) is 13.3 Å². The monoisotopic (exact) mass is 172 g/mol. The zero-order valence-corrected chi connectivity index (χ0v) is 8.08. The fraction of sp³-hybridized carbons (Fsp3) is 1.00. The molecule has 2 unspecified atom stereocenters. The first kappa shape index (κ1) is 9.96. The zero-order valence-electron chi connectivity index (χ0n) is 8.08. The first-order valence-corrected chi connectivity index (χ1v) is 4.78. The van der Waals surface area contributed by atoms with Crippen LogP contribution in [0.15, 0.2) is 0 Å². The molecule has 12 heavy (non-hydrogen) atoms. The Kier molecular flexibility index (Phi) is 3.98. The normalized spacial score (nSPS) is 32.2. The van der Waals surface area contributed by atoms with Gasteiger partial charge in [0.2, 0.25) is 0 Å². The van der Waals surface area contributed by atoms with E-state index in [2.05, 4.69) is 17.1 Å². The Hall–Kier alpha value is -0.120. The number of hydrogen-bond donors (Lipinski definition) is 2. The number of likely N-dealkylation sites (tertiary alicyclic amines) is 1. The van der Waals surface area contributed by atoms with Gasteiger partial charge < -0.3 is 10.4 Å². The van der Waals surface area contributed by atoms with Crippen LogP contribution in [0.3, 0.4) is 0 Å². The molecule has 3 nitrogen and oxygen atoms in total. The summed E-state index contributed by atoms with van der Waals surface area (Å²) in [6.07, 6.45) is 1.24. The number of likely N-dealkylation sites (N-methyl/N-ethyl adjacent to an activating group) is 1. The highest BCUT2D eigenvalue weighted by Crippen LogP contribution is 2.16. The minimum absolute atomic E-state index is 0.283. The second-order valence-electron chi connectivity index (χ2n) is 3.69. The highest BCUT2D eigenvalue weighted by Gasteiger charge is 2.23. The minimum atomic E-state index is 0.283. The highest BCUT2D eigenvalue weighted by atomic mass is 16.3. The summed E-state index contributed by atoms with van der Waals surface area (Å²) in [6.45, 7) is 5.62. The van der Waals surface area contributed by atoms with Crippen molar-refractivity contribution < 1.29 is 5.11 Å². The molecule has 0 aromatic heterocycles. The van der Waals surface area contributed by atoms with Crippen molar-refractivity contribution in [3.63, 3.8) is 0 Å². The number of hydrogen-bond acceptors (Lipinski definition) is 3. The lowest BCUT2D eigenvalue weighted by molar-refractivity contribution is 0.126. The molecule has 1 fully saturated rings. The summed E-state index contributed by atoms with van der Waals surface area (Å²) in [5.74, 6) is 0.768. The summed E-state index contributed by atoms with van der Waals surface area (Å²) in [7, 11) is 2.02. The molecule has 0 aromatic carbocycles. The molecule has 1 heterocycles. The van der Waals surface area contributed by atoms with Gasteiger partial charge in [0.15, 0.2) is 0 Å². The van der Waals surface area contributed by atoms with Crippen LogP contribution < -0.4 is 5.32 Å². The molecule has 1 saturated heterocycles. The molecule has 0 amide bonds. The Balaban J connectivity index is 2.33. The zero-order chi connectivity index (χ0) is 8.97. The molecule has 0 aromatic rings. The molecular formula is C9H20N2O. The largest absolute Gasteiger partial charge is 0.395 e. The third-order valence-corrected chi connectivity index (χ3v) is 2.83. The van der Waals surface area contributed by atoms with Gasteiger partial charge in [0, 0.05) is 19.1 Å². The van der Waals surface area contributed by atoms with E-state index in [0.717, 1.165) is 25.6 Å². The van der Waals surface area contributed by atoms with Crippen LogP contribution in [0.25, 0.3) is 0 Å². The van der Waals surface area contributed by atoms with Crippen molar-refractivity contribution in [2.24, 2.45) is 5.92 Å². The average molecular weight is 172 g/mol. The molecule has 2 atom stereocenters. The first-order valence-electron chi connectivity index (χ1n) is 4.78. The standard InChI is InChI=1S/C9H20N2O/c1-8-3-4-11(5-6-12)7-9(8)10-2/h8-10,12H,3-7H2,1-2H3. The van der Waals surface area contributed by atoms with Gasteiger partial charge in [-0.25, -0.2) is 0 Å². The van der Waals surface area contributed by atoms with E-state index >= 15 is 0 Å². The average Bonchev–Trinajstić information content (AvgIpc) is 2.09. The van der Waals surface area contributed by atoms with Crippen LogP contribution in [0.5, 0.6) is 0 Å². The van der Waals surface area contributed by atoms with Crippen LogP contribution in [0.4, 0.5) is 0 Å². The van der Waals surface area contributed by atoms with Crippen molar-refractivity contribution in [1.82, 2.24) is 10.2 Å².